The highest BCUT2D eigenvalue weighted by Crippen LogP contribution is 2.27. The second kappa shape index (κ2) is 6.29. The molecule has 2 heterocycles. The Balaban J connectivity index is 0.00000200. The summed E-state index contributed by atoms with van der Waals surface area (Å²) in [5, 5.41) is 35.6. The lowest BCUT2D eigenvalue weighted by molar-refractivity contribution is -0.0545. The van der Waals surface area contributed by atoms with Crippen molar-refractivity contribution in [2.75, 3.05) is 6.61 Å². The van der Waals surface area contributed by atoms with Crippen LogP contribution in [0.15, 0.2) is 17.2 Å². The van der Waals surface area contributed by atoms with Gasteiger partial charge < -0.3 is 25.8 Å². The molecule has 1 saturated heterocycles. The highest BCUT2D eigenvalue weighted by atomic mass is 35.5. The first-order valence-corrected chi connectivity index (χ1v) is 5.51. The van der Waals surface area contributed by atoms with Crippen molar-refractivity contribution in [3.8, 4) is 0 Å². The quantitative estimate of drug-likeness (QED) is 0.307. The number of nitrogen functional groups attached to an aromatic ring is 1. The average molecular weight is 307 g/mol. The summed E-state index contributed by atoms with van der Waals surface area (Å²) in [6.45, 7) is -0.492. The minimum Gasteiger partial charge on any atom is -0.394 e. The van der Waals surface area contributed by atoms with Crippen LogP contribution in [0.3, 0.4) is 0 Å². The lowest BCUT2D eigenvalue weighted by Gasteiger charge is -2.17. The van der Waals surface area contributed by atoms with Crippen molar-refractivity contribution in [2.45, 2.75) is 24.5 Å². The van der Waals surface area contributed by atoms with E-state index in [0.717, 1.165) is 4.57 Å². The van der Waals surface area contributed by atoms with E-state index in [0.29, 0.717) is 0 Å². The Hall–Kier alpha value is -1.52. The predicted molar refractivity (Wildman–Crippen MR) is 69.8 cm³/mol. The first-order chi connectivity index (χ1) is 8.97. The van der Waals surface area contributed by atoms with E-state index in [2.05, 4.69) is 4.98 Å². The molecule has 20 heavy (non-hydrogen) atoms. The summed E-state index contributed by atoms with van der Waals surface area (Å²) in [5.74, 6) is -0.508. The Labute approximate surface area is 119 Å². The molecular formula is C10H15ClN4O5. The number of aliphatic hydroxyl groups excluding tert-OH is 3. The molecule has 0 spiro atoms. The second-order valence-corrected chi connectivity index (χ2v) is 4.13. The van der Waals surface area contributed by atoms with E-state index in [-0.39, 0.29) is 18.1 Å². The molecule has 1 aromatic heterocycles. The average Bonchev–Trinajstić information content (AvgIpc) is 2.66. The Bertz CT molecular complexity index is 551. The predicted octanol–water partition coefficient (Wildman–Crippen LogP) is -2.44. The van der Waals surface area contributed by atoms with Gasteiger partial charge in [-0.1, -0.05) is 0 Å². The fourth-order valence-corrected chi connectivity index (χ4v) is 1.92. The number of hydrogen-bond acceptors (Lipinski definition) is 7. The van der Waals surface area contributed by atoms with Gasteiger partial charge in [-0.05, 0) is 0 Å². The minimum atomic E-state index is -1.38. The van der Waals surface area contributed by atoms with Gasteiger partial charge in [0.2, 0.25) is 0 Å². The molecule has 0 radical (unpaired) electrons. The van der Waals surface area contributed by atoms with Gasteiger partial charge >= 0.3 is 0 Å². The van der Waals surface area contributed by atoms with Gasteiger partial charge in [-0.25, -0.2) is 4.98 Å². The molecule has 4 atom stereocenters. The first kappa shape index (κ1) is 16.5. The number of nitrogens with two attached hydrogens (primary N) is 1. The molecule has 0 aliphatic carbocycles. The number of halogens is 1. The zero-order chi connectivity index (χ0) is 14.2. The second-order valence-electron chi connectivity index (χ2n) is 4.13. The van der Waals surface area contributed by atoms with Crippen LogP contribution in [0.25, 0.3) is 0 Å². The molecule has 112 valence electrons. The van der Waals surface area contributed by atoms with Crippen LogP contribution in [0.4, 0.5) is 0 Å². The summed E-state index contributed by atoms with van der Waals surface area (Å²) in [5.41, 5.74) is 4.22. The number of ether oxygens (including phenoxy) is 1. The monoisotopic (exact) mass is 306 g/mol. The highest BCUT2D eigenvalue weighted by molar-refractivity contribution is 5.92. The fourth-order valence-electron chi connectivity index (χ4n) is 1.92. The SMILES string of the molecule is Cl.N=C(N)c1nccn([C@@H]2O[C@H](CO)[C@@H](O)[C@@H]2O)c1=O. The van der Waals surface area contributed by atoms with E-state index in [1.165, 1.54) is 12.4 Å². The van der Waals surface area contributed by atoms with Gasteiger partial charge in [0.25, 0.3) is 5.56 Å². The van der Waals surface area contributed by atoms with Crippen molar-refractivity contribution in [3.63, 3.8) is 0 Å². The van der Waals surface area contributed by atoms with Crippen LogP contribution < -0.4 is 11.3 Å². The zero-order valence-electron chi connectivity index (χ0n) is 10.2. The van der Waals surface area contributed by atoms with Gasteiger partial charge in [0.15, 0.2) is 11.9 Å². The van der Waals surface area contributed by atoms with Gasteiger partial charge in [-0.15, -0.1) is 12.4 Å². The maximum Gasteiger partial charge on any atom is 0.282 e. The van der Waals surface area contributed by atoms with Crippen LogP contribution in [0, 0.1) is 5.41 Å². The van der Waals surface area contributed by atoms with E-state index in [9.17, 15) is 15.0 Å². The van der Waals surface area contributed by atoms with Crippen LogP contribution in [0.1, 0.15) is 11.9 Å². The van der Waals surface area contributed by atoms with Crippen LogP contribution in [-0.4, -0.2) is 55.6 Å². The lowest BCUT2D eigenvalue weighted by Crippen LogP contribution is -2.38. The number of nitrogens with one attached hydrogen (secondary N) is 1. The van der Waals surface area contributed by atoms with Crippen LogP contribution in [0.5, 0.6) is 0 Å². The fraction of sp³-hybridized carbons (Fsp3) is 0.500. The normalized spacial score (nSPS) is 28.9. The van der Waals surface area contributed by atoms with Gasteiger partial charge in [0.1, 0.15) is 24.1 Å². The standard InChI is InChI=1S/C10H14N4O5.ClH/c11-8(12)5-9(18)14(2-1-13-5)10-7(17)6(16)4(3-15)19-10;/h1-2,4,6-7,10,15-17H,3H2,(H3,11,12);1H/t4-,6-,7+,10-;/m1./s1. The third kappa shape index (κ3) is 2.67. The Morgan fingerprint density at radius 1 is 1.50 bits per heavy atom. The van der Waals surface area contributed by atoms with Gasteiger partial charge in [-0.3, -0.25) is 14.8 Å². The molecule has 9 nitrogen and oxygen atoms in total. The minimum absolute atomic E-state index is 0. The number of aliphatic hydroxyl groups is 3. The molecule has 10 heteroatoms. The molecule has 1 aromatic rings. The van der Waals surface area contributed by atoms with Crippen molar-refractivity contribution in [1.29, 1.82) is 5.41 Å². The number of aromatic nitrogens is 2. The highest BCUT2D eigenvalue weighted by Gasteiger charge is 2.43. The number of nitrogens with zero attached hydrogens (tertiary/aromatic N) is 2. The van der Waals surface area contributed by atoms with Crippen LogP contribution in [0.2, 0.25) is 0 Å². The molecule has 0 saturated carbocycles. The Kier molecular flexibility index (Phi) is 5.20. The maximum absolute atomic E-state index is 12.0. The third-order valence-electron chi connectivity index (χ3n) is 2.91. The van der Waals surface area contributed by atoms with Gasteiger partial charge in [0, 0.05) is 12.4 Å². The van der Waals surface area contributed by atoms with E-state index >= 15 is 0 Å². The van der Waals surface area contributed by atoms with Crippen LogP contribution >= 0.6 is 12.4 Å². The van der Waals surface area contributed by atoms with Crippen molar-refractivity contribution in [2.24, 2.45) is 5.73 Å². The number of rotatable bonds is 3. The molecule has 1 aliphatic rings. The smallest absolute Gasteiger partial charge is 0.282 e. The van der Waals surface area contributed by atoms with Gasteiger partial charge in [0.05, 0.1) is 6.61 Å². The van der Waals surface area contributed by atoms with Crippen LogP contribution in [-0.2, 0) is 4.74 Å². The summed E-state index contributed by atoms with van der Waals surface area (Å²) in [4.78, 5) is 15.7. The molecule has 0 unspecified atom stereocenters. The molecular weight excluding hydrogens is 292 g/mol. The van der Waals surface area contributed by atoms with Crippen molar-refractivity contribution < 1.29 is 20.1 Å². The van der Waals surface area contributed by atoms with Crippen molar-refractivity contribution in [1.82, 2.24) is 9.55 Å². The van der Waals surface area contributed by atoms with Crippen molar-refractivity contribution >= 4 is 18.2 Å². The van der Waals surface area contributed by atoms with E-state index in [1.807, 2.05) is 0 Å². The molecule has 1 fully saturated rings. The topological polar surface area (TPSA) is 155 Å². The van der Waals surface area contributed by atoms with E-state index < -0.39 is 42.5 Å². The largest absolute Gasteiger partial charge is 0.394 e. The number of hydrogen-bond donors (Lipinski definition) is 5. The zero-order valence-corrected chi connectivity index (χ0v) is 11.0. The molecule has 0 amide bonds. The number of amidine groups is 1. The molecule has 2 rings (SSSR count). The summed E-state index contributed by atoms with van der Waals surface area (Å²) in [7, 11) is 0. The summed E-state index contributed by atoms with van der Waals surface area (Å²) < 4.78 is 6.19. The maximum atomic E-state index is 12.0. The van der Waals surface area contributed by atoms with Gasteiger partial charge in [-0.2, -0.15) is 0 Å². The van der Waals surface area contributed by atoms with E-state index in [1.54, 1.807) is 0 Å². The summed E-state index contributed by atoms with van der Waals surface area (Å²) >= 11 is 0. The molecule has 0 aromatic carbocycles. The molecule has 0 bridgehead atoms. The first-order valence-electron chi connectivity index (χ1n) is 5.51. The summed E-state index contributed by atoms with van der Waals surface area (Å²) in [6, 6.07) is 0. The Morgan fingerprint density at radius 3 is 2.65 bits per heavy atom. The molecule has 1 aliphatic heterocycles. The third-order valence-corrected chi connectivity index (χ3v) is 2.91. The van der Waals surface area contributed by atoms with E-state index in [4.69, 9.17) is 21.0 Å². The Morgan fingerprint density at radius 2 is 2.15 bits per heavy atom. The summed E-state index contributed by atoms with van der Waals surface area (Å²) in [6.07, 6.45) is -2.36. The lowest BCUT2D eigenvalue weighted by atomic mass is 10.1. The van der Waals surface area contributed by atoms with Crippen molar-refractivity contribution in [3.05, 3.63) is 28.4 Å². The molecule has 6 N–H and O–H groups in total.